The first kappa shape index (κ1) is 17.8. The SMILES string of the molecule is CC(=O)N1CCCCC1C(=O)N1CC(OCc2nnc(C(C)C)o2)C1. The van der Waals surface area contributed by atoms with E-state index in [0.717, 1.165) is 19.3 Å². The highest BCUT2D eigenvalue weighted by Gasteiger charge is 2.39. The van der Waals surface area contributed by atoms with Gasteiger partial charge in [0.25, 0.3) is 0 Å². The lowest BCUT2D eigenvalue weighted by Gasteiger charge is -2.43. The minimum atomic E-state index is -0.309. The topological polar surface area (TPSA) is 88.8 Å². The number of hydrogen-bond acceptors (Lipinski definition) is 6. The molecule has 25 heavy (non-hydrogen) atoms. The third-order valence-corrected chi connectivity index (χ3v) is 4.77. The second kappa shape index (κ2) is 7.51. The molecule has 1 aromatic heterocycles. The van der Waals surface area contributed by atoms with Crippen molar-refractivity contribution in [3.05, 3.63) is 11.8 Å². The van der Waals surface area contributed by atoms with E-state index < -0.39 is 0 Å². The standard InChI is InChI=1S/C17H26N4O4/c1-11(2)16-19-18-15(25-16)10-24-13-8-20(9-13)17(23)14-6-4-5-7-21(14)12(3)22/h11,13-14H,4-10H2,1-3H3. The van der Waals surface area contributed by atoms with Crippen molar-refractivity contribution in [3.8, 4) is 0 Å². The zero-order valence-electron chi connectivity index (χ0n) is 15.1. The van der Waals surface area contributed by atoms with Crippen LogP contribution in [-0.4, -0.2) is 63.6 Å². The molecule has 0 radical (unpaired) electrons. The van der Waals surface area contributed by atoms with Crippen LogP contribution in [0.2, 0.25) is 0 Å². The maximum atomic E-state index is 12.6. The molecule has 3 heterocycles. The van der Waals surface area contributed by atoms with Gasteiger partial charge in [0.1, 0.15) is 12.6 Å². The van der Waals surface area contributed by atoms with Crippen LogP contribution in [0.3, 0.4) is 0 Å². The summed E-state index contributed by atoms with van der Waals surface area (Å²) in [5.41, 5.74) is 0. The number of carbonyl (C=O) groups is 2. The molecule has 1 atom stereocenters. The molecule has 2 amide bonds. The number of piperidine rings is 1. The fourth-order valence-corrected chi connectivity index (χ4v) is 3.25. The van der Waals surface area contributed by atoms with E-state index >= 15 is 0 Å². The molecule has 0 saturated carbocycles. The van der Waals surface area contributed by atoms with Crippen molar-refractivity contribution in [2.75, 3.05) is 19.6 Å². The number of rotatable bonds is 5. The van der Waals surface area contributed by atoms with Gasteiger partial charge >= 0.3 is 0 Å². The molecule has 8 nitrogen and oxygen atoms in total. The molecular formula is C17H26N4O4. The molecule has 2 aliphatic heterocycles. The summed E-state index contributed by atoms with van der Waals surface area (Å²) >= 11 is 0. The average molecular weight is 350 g/mol. The van der Waals surface area contributed by atoms with E-state index in [2.05, 4.69) is 10.2 Å². The highest BCUT2D eigenvalue weighted by atomic mass is 16.5. The summed E-state index contributed by atoms with van der Waals surface area (Å²) in [5, 5.41) is 7.93. The Hall–Kier alpha value is -1.96. The van der Waals surface area contributed by atoms with Gasteiger partial charge in [0.05, 0.1) is 6.10 Å². The first-order valence-corrected chi connectivity index (χ1v) is 8.95. The molecule has 2 fully saturated rings. The minimum Gasteiger partial charge on any atom is -0.422 e. The van der Waals surface area contributed by atoms with Crippen molar-refractivity contribution in [1.82, 2.24) is 20.0 Å². The summed E-state index contributed by atoms with van der Waals surface area (Å²) in [6.07, 6.45) is 2.69. The first-order chi connectivity index (χ1) is 12.0. The van der Waals surface area contributed by atoms with Crippen LogP contribution in [0.4, 0.5) is 0 Å². The van der Waals surface area contributed by atoms with Crippen LogP contribution in [0.15, 0.2) is 4.42 Å². The van der Waals surface area contributed by atoms with Gasteiger partial charge < -0.3 is 19.0 Å². The molecule has 3 rings (SSSR count). The average Bonchev–Trinajstić information content (AvgIpc) is 3.02. The number of ether oxygens (including phenoxy) is 1. The Morgan fingerprint density at radius 3 is 2.68 bits per heavy atom. The number of likely N-dealkylation sites (tertiary alicyclic amines) is 2. The lowest BCUT2D eigenvalue weighted by Crippen LogP contribution is -2.61. The van der Waals surface area contributed by atoms with Gasteiger partial charge in [-0.3, -0.25) is 9.59 Å². The third-order valence-electron chi connectivity index (χ3n) is 4.77. The van der Waals surface area contributed by atoms with E-state index in [1.54, 1.807) is 9.80 Å². The lowest BCUT2D eigenvalue weighted by molar-refractivity contribution is -0.157. The van der Waals surface area contributed by atoms with Gasteiger partial charge in [-0.1, -0.05) is 13.8 Å². The number of nitrogens with zero attached hydrogens (tertiary/aromatic N) is 4. The fraction of sp³-hybridized carbons (Fsp3) is 0.765. The summed E-state index contributed by atoms with van der Waals surface area (Å²) in [7, 11) is 0. The van der Waals surface area contributed by atoms with Crippen molar-refractivity contribution in [3.63, 3.8) is 0 Å². The Morgan fingerprint density at radius 2 is 2.04 bits per heavy atom. The summed E-state index contributed by atoms with van der Waals surface area (Å²) < 4.78 is 11.2. The van der Waals surface area contributed by atoms with Crippen molar-refractivity contribution >= 4 is 11.8 Å². The molecule has 0 aliphatic carbocycles. The van der Waals surface area contributed by atoms with Gasteiger partial charge in [0.15, 0.2) is 0 Å². The Bertz CT molecular complexity index is 624. The summed E-state index contributed by atoms with van der Waals surface area (Å²) in [6.45, 7) is 7.54. The van der Waals surface area contributed by atoms with Crippen LogP contribution in [0.1, 0.15) is 57.7 Å². The molecule has 2 aliphatic rings. The Labute approximate surface area is 147 Å². The van der Waals surface area contributed by atoms with Crippen molar-refractivity contribution in [2.45, 2.75) is 64.7 Å². The predicted octanol–water partition coefficient (Wildman–Crippen LogP) is 1.32. The molecule has 138 valence electrons. The summed E-state index contributed by atoms with van der Waals surface area (Å²) in [6, 6.07) is -0.309. The van der Waals surface area contributed by atoms with Crippen LogP contribution in [0.5, 0.6) is 0 Å². The maximum absolute atomic E-state index is 12.6. The minimum absolute atomic E-state index is 0.0206. The summed E-state index contributed by atoms with van der Waals surface area (Å²) in [4.78, 5) is 27.8. The van der Waals surface area contributed by atoms with Gasteiger partial charge in [-0.15, -0.1) is 10.2 Å². The highest BCUT2D eigenvalue weighted by molar-refractivity contribution is 5.87. The van der Waals surface area contributed by atoms with Gasteiger partial charge in [0.2, 0.25) is 23.6 Å². The Kier molecular flexibility index (Phi) is 5.36. The van der Waals surface area contributed by atoms with E-state index in [0.29, 0.717) is 31.4 Å². The molecule has 0 aromatic carbocycles. The number of hydrogen-bond donors (Lipinski definition) is 0. The largest absolute Gasteiger partial charge is 0.422 e. The van der Waals surface area contributed by atoms with Crippen LogP contribution in [-0.2, 0) is 20.9 Å². The van der Waals surface area contributed by atoms with E-state index in [1.165, 1.54) is 6.92 Å². The van der Waals surface area contributed by atoms with Gasteiger partial charge in [0, 0.05) is 32.5 Å². The molecule has 1 aromatic rings. The second-order valence-corrected chi connectivity index (χ2v) is 7.09. The van der Waals surface area contributed by atoms with E-state index in [9.17, 15) is 9.59 Å². The lowest BCUT2D eigenvalue weighted by atomic mass is 9.99. The smallest absolute Gasteiger partial charge is 0.245 e. The molecular weight excluding hydrogens is 324 g/mol. The van der Waals surface area contributed by atoms with Crippen LogP contribution in [0, 0.1) is 0 Å². The Balaban J connectivity index is 1.45. The van der Waals surface area contributed by atoms with Gasteiger partial charge in [-0.25, -0.2) is 0 Å². The second-order valence-electron chi connectivity index (χ2n) is 7.09. The van der Waals surface area contributed by atoms with E-state index in [-0.39, 0.29) is 36.5 Å². The summed E-state index contributed by atoms with van der Waals surface area (Å²) in [5.74, 6) is 1.27. The highest BCUT2D eigenvalue weighted by Crippen LogP contribution is 2.23. The molecule has 8 heteroatoms. The molecule has 0 bridgehead atoms. The van der Waals surface area contributed by atoms with Crippen molar-refractivity contribution < 1.29 is 18.7 Å². The van der Waals surface area contributed by atoms with Crippen LogP contribution in [0.25, 0.3) is 0 Å². The zero-order valence-corrected chi connectivity index (χ0v) is 15.1. The normalized spacial score (nSPS) is 21.5. The van der Waals surface area contributed by atoms with Crippen LogP contribution >= 0.6 is 0 Å². The van der Waals surface area contributed by atoms with Gasteiger partial charge in [-0.05, 0) is 19.3 Å². The van der Waals surface area contributed by atoms with Crippen molar-refractivity contribution in [1.29, 1.82) is 0 Å². The maximum Gasteiger partial charge on any atom is 0.245 e. The van der Waals surface area contributed by atoms with Gasteiger partial charge in [-0.2, -0.15) is 0 Å². The van der Waals surface area contributed by atoms with E-state index in [4.69, 9.17) is 9.15 Å². The fourth-order valence-electron chi connectivity index (χ4n) is 3.25. The number of aromatic nitrogens is 2. The van der Waals surface area contributed by atoms with E-state index in [1.807, 2.05) is 13.8 Å². The quantitative estimate of drug-likeness (QED) is 0.796. The van der Waals surface area contributed by atoms with Crippen molar-refractivity contribution in [2.24, 2.45) is 0 Å². The van der Waals surface area contributed by atoms with Crippen LogP contribution < -0.4 is 0 Å². The molecule has 1 unspecified atom stereocenters. The third kappa shape index (κ3) is 4.00. The molecule has 0 N–H and O–H groups in total. The number of carbonyl (C=O) groups excluding carboxylic acids is 2. The molecule has 2 saturated heterocycles. The predicted molar refractivity (Wildman–Crippen MR) is 88.6 cm³/mol. The monoisotopic (exact) mass is 350 g/mol. The Morgan fingerprint density at radius 1 is 1.28 bits per heavy atom. The zero-order chi connectivity index (χ0) is 18.0. The first-order valence-electron chi connectivity index (χ1n) is 8.95. The number of amides is 2. The molecule has 0 spiro atoms.